The molecule has 0 amide bonds. The fourth-order valence-corrected chi connectivity index (χ4v) is 2.56. The number of nitrogens with zero attached hydrogens (tertiary/aromatic N) is 2. The third-order valence-electron chi connectivity index (χ3n) is 3.19. The van der Waals surface area contributed by atoms with Gasteiger partial charge in [0.1, 0.15) is 11.6 Å². The van der Waals surface area contributed by atoms with E-state index in [0.717, 1.165) is 17.5 Å². The lowest BCUT2D eigenvalue weighted by molar-refractivity contribution is 0.195. The van der Waals surface area contributed by atoms with Gasteiger partial charge in [-0.1, -0.05) is 11.6 Å². The molecule has 1 aliphatic heterocycles. The van der Waals surface area contributed by atoms with E-state index in [-0.39, 0.29) is 11.1 Å². The summed E-state index contributed by atoms with van der Waals surface area (Å²) < 4.78 is 19.3. The minimum atomic E-state index is -0.465. The van der Waals surface area contributed by atoms with E-state index in [2.05, 4.69) is 36.5 Å². The topological polar surface area (TPSA) is 59.1 Å². The molecule has 5 nitrogen and oxygen atoms in total. The molecule has 1 aromatic carbocycles. The van der Waals surface area contributed by atoms with Crippen molar-refractivity contribution in [3.8, 4) is 0 Å². The number of aromatic nitrogens is 2. The molecule has 0 saturated carbocycles. The van der Waals surface area contributed by atoms with E-state index in [4.69, 9.17) is 16.3 Å². The molecular weight excluding hydrogens is 375 g/mol. The average Bonchev–Trinajstić information content (AvgIpc) is 2.99. The molecule has 1 aliphatic rings. The van der Waals surface area contributed by atoms with Crippen molar-refractivity contribution >= 4 is 45.0 Å². The normalized spacial score (nSPS) is 17.5. The highest BCUT2D eigenvalue weighted by atomic mass is 79.9. The third kappa shape index (κ3) is 3.66. The van der Waals surface area contributed by atoms with Crippen LogP contribution in [-0.2, 0) is 4.74 Å². The molecule has 1 fully saturated rings. The van der Waals surface area contributed by atoms with Crippen molar-refractivity contribution in [2.45, 2.75) is 12.5 Å². The quantitative estimate of drug-likeness (QED) is 0.831. The van der Waals surface area contributed by atoms with Crippen molar-refractivity contribution in [3.63, 3.8) is 0 Å². The molecule has 0 bridgehead atoms. The maximum absolute atomic E-state index is 13.2. The van der Waals surface area contributed by atoms with Crippen molar-refractivity contribution in [1.82, 2.24) is 9.97 Å². The van der Waals surface area contributed by atoms with Gasteiger partial charge in [-0.2, -0.15) is 4.98 Å². The zero-order valence-electron chi connectivity index (χ0n) is 11.4. The Kier molecular flexibility index (Phi) is 4.75. The first-order chi connectivity index (χ1) is 10.6. The summed E-state index contributed by atoms with van der Waals surface area (Å²) in [4.78, 5) is 8.59. The highest BCUT2D eigenvalue weighted by Gasteiger charge is 2.17. The van der Waals surface area contributed by atoms with Gasteiger partial charge in [-0.05, 0) is 40.5 Å². The molecule has 0 aliphatic carbocycles. The van der Waals surface area contributed by atoms with E-state index in [1.165, 1.54) is 12.1 Å². The first kappa shape index (κ1) is 15.5. The largest absolute Gasteiger partial charge is 0.379 e. The Labute approximate surface area is 140 Å². The van der Waals surface area contributed by atoms with E-state index in [9.17, 15) is 4.39 Å². The Morgan fingerprint density at radius 3 is 3.00 bits per heavy atom. The summed E-state index contributed by atoms with van der Waals surface area (Å²) in [5, 5.41) is 6.35. The van der Waals surface area contributed by atoms with Crippen LogP contribution in [0.1, 0.15) is 6.42 Å². The number of halogens is 3. The molecule has 1 aromatic heterocycles. The van der Waals surface area contributed by atoms with Crippen LogP contribution in [0.3, 0.4) is 0 Å². The fourth-order valence-electron chi connectivity index (χ4n) is 2.07. The number of anilines is 3. The van der Waals surface area contributed by atoms with Gasteiger partial charge in [-0.15, -0.1) is 0 Å². The van der Waals surface area contributed by atoms with Gasteiger partial charge in [-0.3, -0.25) is 0 Å². The molecule has 22 heavy (non-hydrogen) atoms. The van der Waals surface area contributed by atoms with E-state index in [1.54, 1.807) is 12.3 Å². The number of hydrogen-bond donors (Lipinski definition) is 2. The molecule has 3 rings (SSSR count). The zero-order chi connectivity index (χ0) is 15.5. The van der Waals surface area contributed by atoms with Crippen LogP contribution in [0.25, 0.3) is 0 Å². The molecule has 8 heteroatoms. The monoisotopic (exact) mass is 386 g/mol. The van der Waals surface area contributed by atoms with Gasteiger partial charge in [0.15, 0.2) is 0 Å². The molecule has 0 spiro atoms. The standard InChI is InChI=1S/C14H13BrClFN4O/c15-10-6-18-14(20-8-1-2-12(17)11(16)5-8)21-13(10)19-9-3-4-22-7-9/h1-2,5-6,9H,3-4,7H2,(H2,18,19,20,21). The lowest BCUT2D eigenvalue weighted by Gasteiger charge is -2.14. The summed E-state index contributed by atoms with van der Waals surface area (Å²) in [5.74, 6) is 0.612. The van der Waals surface area contributed by atoms with Gasteiger partial charge in [0, 0.05) is 18.5 Å². The first-order valence-corrected chi connectivity index (χ1v) is 7.88. The summed E-state index contributed by atoms with van der Waals surface area (Å²) in [6, 6.07) is 4.59. The SMILES string of the molecule is Fc1ccc(Nc2ncc(Br)c(NC3CCOC3)n2)cc1Cl. The fraction of sp³-hybridized carbons (Fsp3) is 0.286. The molecule has 116 valence electrons. The molecule has 2 aromatic rings. The molecule has 1 saturated heterocycles. The smallest absolute Gasteiger partial charge is 0.229 e. The van der Waals surface area contributed by atoms with Gasteiger partial charge in [-0.25, -0.2) is 9.37 Å². The predicted octanol–water partition coefficient (Wildman–Crippen LogP) is 3.98. The summed E-state index contributed by atoms with van der Waals surface area (Å²) in [7, 11) is 0. The minimum Gasteiger partial charge on any atom is -0.379 e. The minimum absolute atomic E-state index is 0.0450. The van der Waals surface area contributed by atoms with Crippen LogP contribution < -0.4 is 10.6 Å². The van der Waals surface area contributed by atoms with Gasteiger partial charge in [0.25, 0.3) is 0 Å². The third-order valence-corrected chi connectivity index (χ3v) is 4.06. The second kappa shape index (κ2) is 6.76. The second-order valence-corrected chi connectivity index (χ2v) is 6.11. The highest BCUT2D eigenvalue weighted by Crippen LogP contribution is 2.25. The summed E-state index contributed by atoms with van der Waals surface area (Å²) in [6.07, 6.45) is 2.59. The van der Waals surface area contributed by atoms with Crippen LogP contribution in [0.15, 0.2) is 28.9 Å². The van der Waals surface area contributed by atoms with Crippen LogP contribution in [0, 0.1) is 5.82 Å². The Morgan fingerprint density at radius 2 is 2.27 bits per heavy atom. The molecule has 2 N–H and O–H groups in total. The number of benzene rings is 1. The predicted molar refractivity (Wildman–Crippen MR) is 87.3 cm³/mol. The number of hydrogen-bond acceptors (Lipinski definition) is 5. The van der Waals surface area contributed by atoms with Crippen molar-refractivity contribution in [1.29, 1.82) is 0 Å². The Bertz CT molecular complexity index is 682. The Morgan fingerprint density at radius 1 is 1.41 bits per heavy atom. The number of rotatable bonds is 4. The Balaban J connectivity index is 1.77. The van der Waals surface area contributed by atoms with Crippen LogP contribution in [0.4, 0.5) is 21.8 Å². The van der Waals surface area contributed by atoms with E-state index in [1.807, 2.05) is 0 Å². The van der Waals surface area contributed by atoms with Crippen LogP contribution in [0.5, 0.6) is 0 Å². The molecule has 1 atom stereocenters. The summed E-state index contributed by atoms with van der Waals surface area (Å²) in [5.41, 5.74) is 0.615. The molecule has 0 radical (unpaired) electrons. The molecule has 1 unspecified atom stereocenters. The second-order valence-electron chi connectivity index (χ2n) is 4.85. The molecule has 2 heterocycles. The lowest BCUT2D eigenvalue weighted by Crippen LogP contribution is -2.20. The number of ether oxygens (including phenoxy) is 1. The van der Waals surface area contributed by atoms with E-state index in [0.29, 0.717) is 24.1 Å². The van der Waals surface area contributed by atoms with Crippen molar-refractivity contribution in [2.24, 2.45) is 0 Å². The zero-order valence-corrected chi connectivity index (χ0v) is 13.8. The van der Waals surface area contributed by atoms with Gasteiger partial charge in [0.2, 0.25) is 5.95 Å². The van der Waals surface area contributed by atoms with E-state index >= 15 is 0 Å². The lowest BCUT2D eigenvalue weighted by atomic mass is 10.2. The van der Waals surface area contributed by atoms with Crippen LogP contribution in [-0.4, -0.2) is 29.2 Å². The summed E-state index contributed by atoms with van der Waals surface area (Å²) in [6.45, 7) is 1.41. The Hall–Kier alpha value is -1.44. The van der Waals surface area contributed by atoms with Crippen molar-refractivity contribution in [2.75, 3.05) is 23.8 Å². The van der Waals surface area contributed by atoms with Gasteiger partial charge in [0.05, 0.1) is 22.1 Å². The maximum atomic E-state index is 13.2. The summed E-state index contributed by atoms with van der Waals surface area (Å²) >= 11 is 9.18. The van der Waals surface area contributed by atoms with Gasteiger partial charge < -0.3 is 15.4 Å². The van der Waals surface area contributed by atoms with Gasteiger partial charge >= 0.3 is 0 Å². The maximum Gasteiger partial charge on any atom is 0.229 e. The van der Waals surface area contributed by atoms with Crippen molar-refractivity contribution < 1.29 is 9.13 Å². The van der Waals surface area contributed by atoms with E-state index < -0.39 is 5.82 Å². The number of nitrogens with one attached hydrogen (secondary N) is 2. The van der Waals surface area contributed by atoms with Crippen LogP contribution >= 0.6 is 27.5 Å². The highest BCUT2D eigenvalue weighted by molar-refractivity contribution is 9.10. The van der Waals surface area contributed by atoms with Crippen molar-refractivity contribution in [3.05, 3.63) is 39.7 Å². The van der Waals surface area contributed by atoms with Crippen LogP contribution in [0.2, 0.25) is 5.02 Å². The average molecular weight is 388 g/mol. The first-order valence-electron chi connectivity index (χ1n) is 6.71. The molecular formula is C14H13BrClFN4O.